The molecule has 2 amide bonds. The Morgan fingerprint density at radius 3 is 2.62 bits per heavy atom. The predicted octanol–water partition coefficient (Wildman–Crippen LogP) is 3.02. The van der Waals surface area contributed by atoms with Crippen LogP contribution in [0, 0.1) is 0 Å². The molecule has 2 aliphatic rings. The van der Waals surface area contributed by atoms with Crippen LogP contribution < -0.4 is 0 Å². The summed E-state index contributed by atoms with van der Waals surface area (Å²) in [5.74, 6) is -0.0502. The van der Waals surface area contributed by atoms with Gasteiger partial charge < -0.3 is 14.5 Å². The molecule has 0 radical (unpaired) electrons. The lowest BCUT2D eigenvalue weighted by Crippen LogP contribution is -2.46. The van der Waals surface area contributed by atoms with E-state index in [1.165, 1.54) is 0 Å². The molecule has 6 heteroatoms. The van der Waals surface area contributed by atoms with Crippen molar-refractivity contribution in [3.63, 3.8) is 0 Å². The first-order valence-corrected chi connectivity index (χ1v) is 9.05. The van der Waals surface area contributed by atoms with Crippen LogP contribution >= 0.6 is 11.6 Å². The zero-order valence-electron chi connectivity index (χ0n) is 13.7. The molecule has 1 aromatic rings. The fourth-order valence-corrected chi connectivity index (χ4v) is 3.37. The maximum absolute atomic E-state index is 12.5. The summed E-state index contributed by atoms with van der Waals surface area (Å²) in [6, 6.07) is 9.97. The van der Waals surface area contributed by atoms with Crippen molar-refractivity contribution in [2.45, 2.75) is 44.4 Å². The summed E-state index contributed by atoms with van der Waals surface area (Å²) in [5.41, 5.74) is 0.974. The van der Waals surface area contributed by atoms with Crippen molar-refractivity contribution in [2.75, 3.05) is 19.0 Å². The molecule has 0 spiro atoms. The van der Waals surface area contributed by atoms with Gasteiger partial charge in [0.05, 0.1) is 0 Å². The van der Waals surface area contributed by atoms with E-state index < -0.39 is 0 Å². The standard InChI is InChI=1S/C18H23ClN2O3/c19-11-17(22)20-10-4-7-16(20)12-21(15-8-9-15)18(23)24-13-14-5-2-1-3-6-14/h1-3,5-6,15-16H,4,7-13H2/t16-/m0/s1. The van der Waals surface area contributed by atoms with Gasteiger partial charge in [-0.25, -0.2) is 4.79 Å². The van der Waals surface area contributed by atoms with Crippen molar-refractivity contribution >= 4 is 23.6 Å². The Balaban J connectivity index is 1.58. The molecule has 2 fully saturated rings. The number of halogens is 1. The minimum absolute atomic E-state index is 0.00160. The van der Waals surface area contributed by atoms with E-state index >= 15 is 0 Å². The SMILES string of the molecule is O=C(OCc1ccccc1)N(C[C@@H]1CCCN1C(=O)CCl)C1CC1. The summed E-state index contributed by atoms with van der Waals surface area (Å²) in [5, 5.41) is 0. The highest BCUT2D eigenvalue weighted by molar-refractivity contribution is 6.27. The van der Waals surface area contributed by atoms with Crippen LogP contribution in [0.2, 0.25) is 0 Å². The van der Waals surface area contributed by atoms with E-state index in [4.69, 9.17) is 16.3 Å². The summed E-state index contributed by atoms with van der Waals surface area (Å²) in [4.78, 5) is 28.0. The highest BCUT2D eigenvalue weighted by Crippen LogP contribution is 2.30. The van der Waals surface area contributed by atoms with Crippen LogP contribution in [0.1, 0.15) is 31.2 Å². The van der Waals surface area contributed by atoms with Crippen molar-refractivity contribution in [1.29, 1.82) is 0 Å². The molecule has 24 heavy (non-hydrogen) atoms. The molecule has 0 bridgehead atoms. The number of carbonyl (C=O) groups excluding carboxylic acids is 2. The van der Waals surface area contributed by atoms with Gasteiger partial charge in [0.25, 0.3) is 0 Å². The Labute approximate surface area is 147 Å². The molecule has 3 rings (SSSR count). The Morgan fingerprint density at radius 2 is 1.96 bits per heavy atom. The normalized spacial score (nSPS) is 20.0. The zero-order chi connectivity index (χ0) is 16.9. The number of hydrogen-bond donors (Lipinski definition) is 0. The van der Waals surface area contributed by atoms with Gasteiger partial charge in [-0.1, -0.05) is 30.3 Å². The average Bonchev–Trinajstić information content (AvgIpc) is 3.35. The summed E-state index contributed by atoms with van der Waals surface area (Å²) in [6.07, 6.45) is 3.61. The number of ether oxygens (including phenoxy) is 1. The van der Waals surface area contributed by atoms with E-state index in [1.807, 2.05) is 35.2 Å². The number of hydrogen-bond acceptors (Lipinski definition) is 3. The molecular formula is C18H23ClN2O3. The van der Waals surface area contributed by atoms with Crippen LogP contribution in [0.5, 0.6) is 0 Å². The number of nitrogens with zero attached hydrogens (tertiary/aromatic N) is 2. The van der Waals surface area contributed by atoms with E-state index in [-0.39, 0.29) is 36.6 Å². The van der Waals surface area contributed by atoms with Crippen LogP contribution in [0.3, 0.4) is 0 Å². The minimum atomic E-state index is -0.286. The van der Waals surface area contributed by atoms with Gasteiger partial charge in [0.1, 0.15) is 12.5 Å². The van der Waals surface area contributed by atoms with Crippen LogP contribution in [-0.2, 0) is 16.1 Å². The van der Waals surface area contributed by atoms with E-state index in [0.717, 1.165) is 37.8 Å². The maximum Gasteiger partial charge on any atom is 0.410 e. The van der Waals surface area contributed by atoms with Crippen LogP contribution in [0.15, 0.2) is 30.3 Å². The highest BCUT2D eigenvalue weighted by Gasteiger charge is 2.38. The molecule has 130 valence electrons. The third kappa shape index (κ3) is 4.20. The fourth-order valence-electron chi connectivity index (χ4n) is 3.22. The first-order chi connectivity index (χ1) is 11.7. The third-order valence-corrected chi connectivity index (χ3v) is 4.88. The average molecular weight is 351 g/mol. The Kier molecular flexibility index (Phi) is 5.61. The van der Waals surface area contributed by atoms with Gasteiger partial charge in [-0.15, -0.1) is 11.6 Å². The lowest BCUT2D eigenvalue weighted by Gasteiger charge is -2.30. The first-order valence-electron chi connectivity index (χ1n) is 8.52. The molecule has 1 heterocycles. The van der Waals surface area contributed by atoms with Crippen molar-refractivity contribution in [1.82, 2.24) is 9.80 Å². The molecule has 1 atom stereocenters. The summed E-state index contributed by atoms with van der Waals surface area (Å²) in [6.45, 7) is 1.55. The molecule has 0 unspecified atom stereocenters. The van der Waals surface area contributed by atoms with Gasteiger partial charge in [-0.2, -0.15) is 0 Å². The third-order valence-electron chi connectivity index (χ3n) is 4.65. The molecule has 0 N–H and O–H groups in total. The van der Waals surface area contributed by atoms with Gasteiger partial charge in [0.15, 0.2) is 0 Å². The lowest BCUT2D eigenvalue weighted by molar-refractivity contribution is -0.129. The smallest absolute Gasteiger partial charge is 0.410 e. The molecule has 1 aliphatic heterocycles. The first kappa shape index (κ1) is 17.1. The van der Waals surface area contributed by atoms with E-state index in [2.05, 4.69) is 0 Å². The zero-order valence-corrected chi connectivity index (χ0v) is 14.5. The Morgan fingerprint density at radius 1 is 1.21 bits per heavy atom. The second-order valence-electron chi connectivity index (χ2n) is 6.44. The molecule has 5 nitrogen and oxygen atoms in total. The highest BCUT2D eigenvalue weighted by atomic mass is 35.5. The number of benzene rings is 1. The molecule has 1 aromatic carbocycles. The van der Waals surface area contributed by atoms with E-state index in [9.17, 15) is 9.59 Å². The maximum atomic E-state index is 12.5. The number of likely N-dealkylation sites (tertiary alicyclic amines) is 1. The molecule has 1 aliphatic carbocycles. The quantitative estimate of drug-likeness (QED) is 0.741. The Bertz CT molecular complexity index is 577. The number of rotatable bonds is 6. The topological polar surface area (TPSA) is 49.9 Å². The van der Waals surface area contributed by atoms with Gasteiger partial charge >= 0.3 is 6.09 Å². The number of amides is 2. The Hall–Kier alpha value is -1.75. The van der Waals surface area contributed by atoms with Crippen molar-refractivity contribution in [3.05, 3.63) is 35.9 Å². The van der Waals surface area contributed by atoms with E-state index in [0.29, 0.717) is 6.54 Å². The molecular weight excluding hydrogens is 328 g/mol. The largest absolute Gasteiger partial charge is 0.445 e. The monoisotopic (exact) mass is 350 g/mol. The van der Waals surface area contributed by atoms with Crippen LogP contribution in [0.25, 0.3) is 0 Å². The minimum Gasteiger partial charge on any atom is -0.445 e. The van der Waals surface area contributed by atoms with Crippen molar-refractivity contribution in [2.24, 2.45) is 0 Å². The summed E-state index contributed by atoms with van der Waals surface area (Å²) >= 11 is 5.69. The molecule has 1 saturated carbocycles. The molecule has 0 aromatic heterocycles. The predicted molar refractivity (Wildman–Crippen MR) is 91.8 cm³/mol. The molecule has 1 saturated heterocycles. The van der Waals surface area contributed by atoms with Crippen molar-refractivity contribution in [3.8, 4) is 0 Å². The lowest BCUT2D eigenvalue weighted by atomic mass is 10.2. The van der Waals surface area contributed by atoms with Crippen LogP contribution in [0.4, 0.5) is 4.79 Å². The van der Waals surface area contributed by atoms with Gasteiger partial charge in [-0.05, 0) is 31.2 Å². The van der Waals surface area contributed by atoms with Gasteiger partial charge in [-0.3, -0.25) is 4.79 Å². The van der Waals surface area contributed by atoms with E-state index in [1.54, 1.807) is 4.90 Å². The van der Waals surface area contributed by atoms with Gasteiger partial charge in [0, 0.05) is 25.2 Å². The second kappa shape index (κ2) is 7.88. The van der Waals surface area contributed by atoms with Crippen molar-refractivity contribution < 1.29 is 14.3 Å². The second-order valence-corrected chi connectivity index (χ2v) is 6.71. The van der Waals surface area contributed by atoms with Gasteiger partial charge in [0.2, 0.25) is 5.91 Å². The van der Waals surface area contributed by atoms with Crippen LogP contribution in [-0.4, -0.2) is 52.9 Å². The summed E-state index contributed by atoms with van der Waals surface area (Å²) in [7, 11) is 0. The summed E-state index contributed by atoms with van der Waals surface area (Å²) < 4.78 is 5.48. The fraction of sp³-hybridized carbons (Fsp3) is 0.556. The number of carbonyl (C=O) groups is 2. The number of alkyl halides is 1.